The minimum absolute atomic E-state index is 0.134. The van der Waals surface area contributed by atoms with Crippen molar-refractivity contribution in [3.63, 3.8) is 0 Å². The predicted octanol–water partition coefficient (Wildman–Crippen LogP) is 4.46. The molecule has 0 aliphatic heterocycles. The number of rotatable bonds is 9. The van der Waals surface area contributed by atoms with E-state index < -0.39 is 6.04 Å². The first-order valence-electron chi connectivity index (χ1n) is 12.9. The van der Waals surface area contributed by atoms with E-state index in [1.807, 2.05) is 42.5 Å². The van der Waals surface area contributed by atoms with Crippen molar-refractivity contribution in [1.82, 2.24) is 15.6 Å². The Morgan fingerprint density at radius 1 is 1.08 bits per heavy atom. The topological polar surface area (TPSA) is 116 Å². The molecule has 2 aliphatic carbocycles. The number of aromatic nitrogens is 1. The van der Waals surface area contributed by atoms with Gasteiger partial charge in [-0.25, -0.2) is 0 Å². The second-order valence-electron chi connectivity index (χ2n) is 9.97. The lowest BCUT2D eigenvalue weighted by atomic mass is 9.83. The maximum absolute atomic E-state index is 13.2. The van der Waals surface area contributed by atoms with E-state index in [2.05, 4.69) is 21.7 Å². The molecule has 1 heterocycles. The van der Waals surface area contributed by atoms with Gasteiger partial charge in [-0.3, -0.25) is 9.59 Å². The number of hydrogen-bond acceptors (Lipinski definition) is 5. The predicted molar refractivity (Wildman–Crippen MR) is 139 cm³/mol. The molecule has 1 aromatic heterocycles. The van der Waals surface area contributed by atoms with E-state index in [-0.39, 0.29) is 29.7 Å². The third kappa shape index (κ3) is 5.72. The molecule has 3 aromatic rings. The van der Waals surface area contributed by atoms with Crippen molar-refractivity contribution in [2.24, 2.45) is 11.8 Å². The van der Waals surface area contributed by atoms with E-state index in [4.69, 9.17) is 9.47 Å². The van der Waals surface area contributed by atoms with Gasteiger partial charge in [0.15, 0.2) is 11.5 Å². The maximum Gasteiger partial charge on any atom is 0.267 e. The van der Waals surface area contributed by atoms with Gasteiger partial charge in [0.25, 0.3) is 5.91 Å². The Bertz CT molecular complexity index is 1310. The van der Waals surface area contributed by atoms with Crippen molar-refractivity contribution >= 4 is 22.7 Å². The van der Waals surface area contributed by atoms with Crippen molar-refractivity contribution in [3.05, 3.63) is 59.8 Å². The number of aromatic amines is 1. The quantitative estimate of drug-likeness (QED) is 0.401. The molecule has 192 valence electrons. The van der Waals surface area contributed by atoms with E-state index >= 15 is 0 Å². The lowest BCUT2D eigenvalue weighted by Gasteiger charge is -2.31. The van der Waals surface area contributed by atoms with Gasteiger partial charge in [0.2, 0.25) is 5.91 Å². The van der Waals surface area contributed by atoms with E-state index in [1.54, 1.807) is 13.2 Å². The molecule has 2 aliphatic rings. The first-order chi connectivity index (χ1) is 18.1. The molecule has 3 unspecified atom stereocenters. The molecule has 0 spiro atoms. The summed E-state index contributed by atoms with van der Waals surface area (Å²) in [6.45, 7) is 0.398. The SMILES string of the molecule is COc1cc2cc(C(=O)NC3CCCCC3C(=O)NC(C#N)C3CC3)[nH]c2cc1OCc1ccccc1. The number of nitrogens with zero attached hydrogens (tertiary/aromatic N) is 1. The smallest absolute Gasteiger partial charge is 0.267 e. The molecule has 2 fully saturated rings. The molecule has 8 nitrogen and oxygen atoms in total. The van der Waals surface area contributed by atoms with Gasteiger partial charge in [0, 0.05) is 23.0 Å². The number of ether oxygens (including phenoxy) is 2. The summed E-state index contributed by atoms with van der Waals surface area (Å²) in [7, 11) is 1.59. The minimum Gasteiger partial charge on any atom is -0.493 e. The van der Waals surface area contributed by atoms with Crippen LogP contribution in [0.5, 0.6) is 11.5 Å². The highest BCUT2D eigenvalue weighted by atomic mass is 16.5. The van der Waals surface area contributed by atoms with Crippen LogP contribution >= 0.6 is 0 Å². The van der Waals surface area contributed by atoms with E-state index in [9.17, 15) is 14.9 Å². The molecule has 3 N–H and O–H groups in total. The summed E-state index contributed by atoms with van der Waals surface area (Å²) in [5, 5.41) is 16.2. The monoisotopic (exact) mass is 500 g/mol. The maximum atomic E-state index is 13.2. The van der Waals surface area contributed by atoms with E-state index in [0.29, 0.717) is 30.2 Å². The lowest BCUT2D eigenvalue weighted by Crippen LogP contribution is -2.50. The lowest BCUT2D eigenvalue weighted by molar-refractivity contribution is -0.127. The van der Waals surface area contributed by atoms with Gasteiger partial charge in [0.1, 0.15) is 18.3 Å². The minimum atomic E-state index is -0.437. The second kappa shape index (κ2) is 11.0. The van der Waals surface area contributed by atoms with Crippen LogP contribution in [-0.4, -0.2) is 36.0 Å². The number of fused-ring (bicyclic) bond motifs is 1. The van der Waals surface area contributed by atoms with Gasteiger partial charge in [-0.1, -0.05) is 43.2 Å². The zero-order valence-electron chi connectivity index (χ0n) is 21.0. The molecular weight excluding hydrogens is 468 g/mol. The summed E-state index contributed by atoms with van der Waals surface area (Å²) >= 11 is 0. The number of H-pyrrole nitrogens is 1. The van der Waals surface area contributed by atoms with Crippen LogP contribution < -0.4 is 20.1 Å². The highest BCUT2D eigenvalue weighted by Crippen LogP contribution is 2.34. The zero-order chi connectivity index (χ0) is 25.8. The van der Waals surface area contributed by atoms with Crippen LogP contribution in [0, 0.1) is 23.2 Å². The fourth-order valence-corrected chi connectivity index (χ4v) is 5.08. The molecule has 0 bridgehead atoms. The van der Waals surface area contributed by atoms with Crippen molar-refractivity contribution in [3.8, 4) is 17.6 Å². The molecule has 2 amide bonds. The molecule has 2 saturated carbocycles. The first-order valence-corrected chi connectivity index (χ1v) is 12.9. The Kier molecular flexibility index (Phi) is 7.31. The fourth-order valence-electron chi connectivity index (χ4n) is 5.08. The van der Waals surface area contributed by atoms with Gasteiger partial charge in [-0.2, -0.15) is 5.26 Å². The first kappa shape index (κ1) is 24.7. The highest BCUT2D eigenvalue weighted by molar-refractivity contribution is 5.99. The molecule has 3 atom stereocenters. The second-order valence-corrected chi connectivity index (χ2v) is 9.97. The molecule has 8 heteroatoms. The van der Waals surface area contributed by atoms with Gasteiger partial charge < -0.3 is 25.1 Å². The molecular formula is C29H32N4O4. The Morgan fingerprint density at radius 3 is 2.59 bits per heavy atom. The van der Waals surface area contributed by atoms with Crippen LogP contribution in [0.4, 0.5) is 0 Å². The van der Waals surface area contributed by atoms with Crippen LogP contribution in [-0.2, 0) is 11.4 Å². The normalized spacial score (nSPS) is 20.0. The van der Waals surface area contributed by atoms with Gasteiger partial charge >= 0.3 is 0 Å². The van der Waals surface area contributed by atoms with Gasteiger partial charge in [0.05, 0.1) is 19.1 Å². The average molecular weight is 501 g/mol. The number of carbonyl (C=O) groups excluding carboxylic acids is 2. The summed E-state index contributed by atoms with van der Waals surface area (Å²) in [6, 6.07) is 16.8. The Hall–Kier alpha value is -3.99. The third-order valence-corrected chi connectivity index (χ3v) is 7.34. The number of benzene rings is 2. The molecule has 37 heavy (non-hydrogen) atoms. The third-order valence-electron chi connectivity index (χ3n) is 7.34. The van der Waals surface area contributed by atoms with Crippen molar-refractivity contribution in [1.29, 1.82) is 5.26 Å². The number of methoxy groups -OCH3 is 1. The van der Waals surface area contributed by atoms with Crippen molar-refractivity contribution < 1.29 is 19.1 Å². The summed E-state index contributed by atoms with van der Waals surface area (Å²) in [6.07, 6.45) is 5.27. The highest BCUT2D eigenvalue weighted by Gasteiger charge is 2.37. The van der Waals surface area contributed by atoms with Crippen LogP contribution in [0.2, 0.25) is 0 Å². The van der Waals surface area contributed by atoms with Gasteiger partial charge in [-0.05, 0) is 49.3 Å². The summed E-state index contributed by atoms with van der Waals surface area (Å²) in [5.41, 5.74) is 2.21. The number of carbonyl (C=O) groups is 2. The summed E-state index contributed by atoms with van der Waals surface area (Å²) < 4.78 is 11.5. The molecule has 0 saturated heterocycles. The van der Waals surface area contributed by atoms with Crippen molar-refractivity contribution in [2.75, 3.05) is 7.11 Å². The summed E-state index contributed by atoms with van der Waals surface area (Å²) in [4.78, 5) is 29.4. The molecule has 0 radical (unpaired) electrons. The van der Waals surface area contributed by atoms with Crippen molar-refractivity contribution in [2.45, 2.75) is 57.2 Å². The molecule has 2 aromatic carbocycles. The Labute approximate surface area is 216 Å². The number of amides is 2. The van der Waals surface area contributed by atoms with Crippen LogP contribution in [0.3, 0.4) is 0 Å². The van der Waals surface area contributed by atoms with E-state index in [1.165, 1.54) is 0 Å². The zero-order valence-corrected chi connectivity index (χ0v) is 21.0. The Morgan fingerprint density at radius 2 is 1.86 bits per heavy atom. The largest absolute Gasteiger partial charge is 0.493 e. The average Bonchev–Trinajstić information content (AvgIpc) is 3.69. The fraction of sp³-hybridized carbons (Fsp3) is 0.414. The summed E-state index contributed by atoms with van der Waals surface area (Å²) in [5.74, 6) is 0.696. The molecule has 5 rings (SSSR count). The number of hydrogen-bond donors (Lipinski definition) is 3. The number of nitriles is 1. The Balaban J connectivity index is 1.28. The standard InChI is InChI=1S/C29H32N4O4/c1-36-26-14-20-13-24(31-23(20)15-27(26)37-17-18-7-3-2-4-8-18)29(35)32-22-10-6-5-9-21(22)28(34)33-25(16-30)19-11-12-19/h2-4,7-8,13-15,19,21-22,25,31H,5-6,9-12,17H2,1H3,(H,32,35)(H,33,34). The van der Waals surface area contributed by atoms with Gasteiger partial charge in [-0.15, -0.1) is 0 Å². The van der Waals surface area contributed by atoms with Crippen LogP contribution in [0.15, 0.2) is 48.5 Å². The number of nitrogens with one attached hydrogen (secondary N) is 3. The van der Waals surface area contributed by atoms with Crippen LogP contribution in [0.25, 0.3) is 10.9 Å². The van der Waals surface area contributed by atoms with E-state index in [0.717, 1.165) is 48.6 Å². The van der Waals surface area contributed by atoms with Crippen LogP contribution in [0.1, 0.15) is 54.6 Å².